The van der Waals surface area contributed by atoms with Crippen molar-refractivity contribution in [1.82, 2.24) is 14.9 Å². The van der Waals surface area contributed by atoms with E-state index >= 15 is 0 Å². The molecule has 0 aliphatic carbocycles. The van der Waals surface area contributed by atoms with E-state index in [1.165, 1.54) is 0 Å². The number of rotatable bonds is 7. The van der Waals surface area contributed by atoms with E-state index in [1.54, 1.807) is 36.4 Å². The molecule has 1 fully saturated rings. The van der Waals surface area contributed by atoms with E-state index in [4.69, 9.17) is 4.74 Å². The standard InChI is InChI=1S/C25H29N3O3S/c1-31-20-5-6-24-23(13-20)22(8-10-27-24)25(30)7-4-18-9-12-28(15-19(18)16-29)11-2-3-21-14-26-17-32-21/h5-6,8,10,13-14,17-19,25,29-30H,4,7,9,11-12,15-16H2,1H3/t18-,19-,25+/m1/s1. The number of aromatic nitrogens is 2. The van der Waals surface area contributed by atoms with Gasteiger partial charge in [-0.15, -0.1) is 11.3 Å². The summed E-state index contributed by atoms with van der Waals surface area (Å²) in [7, 11) is 1.64. The Bertz CT molecular complexity index is 1080. The quantitative estimate of drug-likeness (QED) is 0.536. The summed E-state index contributed by atoms with van der Waals surface area (Å²) in [6, 6.07) is 7.62. The lowest BCUT2D eigenvalue weighted by atomic mass is 9.81. The Morgan fingerprint density at radius 3 is 3.00 bits per heavy atom. The van der Waals surface area contributed by atoms with E-state index in [-0.39, 0.29) is 12.5 Å². The van der Waals surface area contributed by atoms with E-state index in [9.17, 15) is 10.2 Å². The zero-order valence-corrected chi connectivity index (χ0v) is 19.1. The summed E-state index contributed by atoms with van der Waals surface area (Å²) < 4.78 is 5.35. The Balaban J connectivity index is 1.35. The fourth-order valence-corrected chi connectivity index (χ4v) is 4.98. The van der Waals surface area contributed by atoms with Crippen LogP contribution in [0.4, 0.5) is 0 Å². The van der Waals surface area contributed by atoms with Gasteiger partial charge in [-0.05, 0) is 67.5 Å². The number of piperidine rings is 1. The van der Waals surface area contributed by atoms with Gasteiger partial charge in [0.2, 0.25) is 0 Å². The van der Waals surface area contributed by atoms with Crippen molar-refractivity contribution in [3.8, 4) is 17.6 Å². The largest absolute Gasteiger partial charge is 0.497 e. The van der Waals surface area contributed by atoms with Gasteiger partial charge in [0.1, 0.15) is 5.75 Å². The van der Waals surface area contributed by atoms with Crippen molar-refractivity contribution in [3.63, 3.8) is 0 Å². The number of hydrogen-bond acceptors (Lipinski definition) is 7. The van der Waals surface area contributed by atoms with Crippen LogP contribution >= 0.6 is 11.3 Å². The van der Waals surface area contributed by atoms with Crippen molar-refractivity contribution in [2.75, 3.05) is 33.4 Å². The minimum absolute atomic E-state index is 0.162. The number of aliphatic hydroxyl groups is 2. The molecule has 0 amide bonds. The number of methoxy groups -OCH3 is 1. The van der Waals surface area contributed by atoms with Crippen LogP contribution in [-0.4, -0.2) is 58.4 Å². The van der Waals surface area contributed by atoms with Crippen molar-refractivity contribution in [2.45, 2.75) is 25.4 Å². The van der Waals surface area contributed by atoms with Crippen LogP contribution in [-0.2, 0) is 0 Å². The maximum atomic E-state index is 11.0. The van der Waals surface area contributed by atoms with Gasteiger partial charge in [-0.2, -0.15) is 0 Å². The molecule has 3 heterocycles. The molecule has 0 spiro atoms. The molecule has 2 N–H and O–H groups in total. The average molecular weight is 452 g/mol. The van der Waals surface area contributed by atoms with Crippen molar-refractivity contribution in [2.24, 2.45) is 11.8 Å². The first-order valence-electron chi connectivity index (χ1n) is 11.0. The number of nitrogens with zero attached hydrogens (tertiary/aromatic N) is 3. The highest BCUT2D eigenvalue weighted by Gasteiger charge is 2.29. The predicted molar refractivity (Wildman–Crippen MR) is 127 cm³/mol. The number of thiazole rings is 1. The second-order valence-electron chi connectivity index (χ2n) is 8.27. The Hall–Kier alpha value is -2.50. The predicted octanol–water partition coefficient (Wildman–Crippen LogP) is 3.50. The summed E-state index contributed by atoms with van der Waals surface area (Å²) in [6.07, 6.45) is 5.49. The van der Waals surface area contributed by atoms with Crippen molar-refractivity contribution in [3.05, 3.63) is 52.6 Å². The van der Waals surface area contributed by atoms with Crippen LogP contribution in [0.15, 0.2) is 42.2 Å². The average Bonchev–Trinajstić information content (AvgIpc) is 3.35. The highest BCUT2D eigenvalue weighted by atomic mass is 32.1. The first kappa shape index (κ1) is 22.7. The second kappa shape index (κ2) is 10.9. The van der Waals surface area contributed by atoms with Gasteiger partial charge in [0.15, 0.2) is 0 Å². The minimum atomic E-state index is -0.574. The van der Waals surface area contributed by atoms with E-state index in [1.807, 2.05) is 24.3 Å². The zero-order valence-electron chi connectivity index (χ0n) is 18.3. The summed E-state index contributed by atoms with van der Waals surface area (Å²) in [6.45, 7) is 2.66. The maximum absolute atomic E-state index is 11.0. The normalized spacial score (nSPS) is 20.0. The van der Waals surface area contributed by atoms with Crippen molar-refractivity contribution in [1.29, 1.82) is 0 Å². The molecule has 1 aliphatic rings. The first-order valence-corrected chi connectivity index (χ1v) is 11.9. The molecule has 0 saturated carbocycles. The highest BCUT2D eigenvalue weighted by molar-refractivity contribution is 7.10. The van der Waals surface area contributed by atoms with Gasteiger partial charge in [0, 0.05) is 24.7 Å². The SMILES string of the molecule is COc1ccc2nccc([C@@H](O)CC[C@@H]3CCN(CC#Cc4cncs4)C[C@@H]3CO)c2c1. The molecule has 0 unspecified atom stereocenters. The molecule has 0 bridgehead atoms. The molecule has 3 aromatic rings. The number of fused-ring (bicyclic) bond motifs is 1. The topological polar surface area (TPSA) is 78.7 Å². The van der Waals surface area contributed by atoms with Crippen molar-refractivity contribution >= 4 is 22.2 Å². The van der Waals surface area contributed by atoms with Crippen LogP contribution in [0, 0.1) is 23.7 Å². The highest BCUT2D eigenvalue weighted by Crippen LogP contribution is 2.33. The number of benzene rings is 1. The Labute approximate surface area is 192 Å². The molecule has 4 rings (SSSR count). The van der Waals surface area contributed by atoms with Crippen LogP contribution in [0.2, 0.25) is 0 Å². The van der Waals surface area contributed by atoms with E-state index in [2.05, 4.69) is 26.7 Å². The third-order valence-electron chi connectivity index (χ3n) is 6.31. The molecule has 3 atom stereocenters. The molecule has 0 radical (unpaired) electrons. The van der Waals surface area contributed by atoms with Gasteiger partial charge in [-0.25, -0.2) is 0 Å². The van der Waals surface area contributed by atoms with Crippen LogP contribution in [0.25, 0.3) is 10.9 Å². The van der Waals surface area contributed by atoms with Crippen LogP contribution in [0.3, 0.4) is 0 Å². The number of likely N-dealkylation sites (tertiary alicyclic amines) is 1. The molecule has 1 saturated heterocycles. The molecular formula is C25H29N3O3S. The van der Waals surface area contributed by atoms with E-state index < -0.39 is 6.10 Å². The summed E-state index contributed by atoms with van der Waals surface area (Å²) in [5, 5.41) is 21.9. The van der Waals surface area contributed by atoms with Gasteiger partial charge < -0.3 is 14.9 Å². The second-order valence-corrected chi connectivity index (χ2v) is 9.16. The van der Waals surface area contributed by atoms with Gasteiger partial charge in [-0.1, -0.05) is 11.8 Å². The van der Waals surface area contributed by atoms with Gasteiger partial charge in [-0.3, -0.25) is 14.9 Å². The minimum Gasteiger partial charge on any atom is -0.497 e. The third kappa shape index (κ3) is 5.45. The fourth-order valence-electron chi connectivity index (χ4n) is 4.49. The summed E-state index contributed by atoms with van der Waals surface area (Å²) in [5.41, 5.74) is 3.52. The van der Waals surface area contributed by atoms with Crippen LogP contribution < -0.4 is 4.74 Å². The lowest BCUT2D eigenvalue weighted by Crippen LogP contribution is -2.42. The summed E-state index contributed by atoms with van der Waals surface area (Å²) in [4.78, 5) is 11.7. The Kier molecular flexibility index (Phi) is 7.72. The van der Waals surface area contributed by atoms with E-state index in [0.717, 1.165) is 53.0 Å². The Morgan fingerprint density at radius 1 is 1.31 bits per heavy atom. The van der Waals surface area contributed by atoms with Gasteiger partial charge in [0.25, 0.3) is 0 Å². The van der Waals surface area contributed by atoms with E-state index in [0.29, 0.717) is 18.9 Å². The molecule has 1 aliphatic heterocycles. The third-order valence-corrected chi connectivity index (χ3v) is 7.00. The van der Waals surface area contributed by atoms with Crippen LogP contribution in [0.5, 0.6) is 5.75 Å². The summed E-state index contributed by atoms with van der Waals surface area (Å²) >= 11 is 1.55. The number of pyridine rings is 1. The molecule has 7 heteroatoms. The molecule has 6 nitrogen and oxygen atoms in total. The van der Waals surface area contributed by atoms with Crippen molar-refractivity contribution < 1.29 is 14.9 Å². The fraction of sp³-hybridized carbons (Fsp3) is 0.440. The lowest BCUT2D eigenvalue weighted by Gasteiger charge is -2.37. The maximum Gasteiger partial charge on any atom is 0.119 e. The number of ether oxygens (including phenoxy) is 1. The summed E-state index contributed by atoms with van der Waals surface area (Å²) in [5.74, 6) is 7.73. The molecular weight excluding hydrogens is 422 g/mol. The molecule has 1 aromatic carbocycles. The number of aliphatic hydroxyl groups excluding tert-OH is 2. The smallest absolute Gasteiger partial charge is 0.119 e. The van der Waals surface area contributed by atoms with Gasteiger partial charge >= 0.3 is 0 Å². The molecule has 168 valence electrons. The molecule has 32 heavy (non-hydrogen) atoms. The monoisotopic (exact) mass is 451 g/mol. The number of hydrogen-bond donors (Lipinski definition) is 2. The van der Waals surface area contributed by atoms with Gasteiger partial charge in [0.05, 0.1) is 41.9 Å². The van der Waals surface area contributed by atoms with Crippen LogP contribution in [0.1, 0.15) is 35.8 Å². The molecule has 2 aromatic heterocycles. The lowest BCUT2D eigenvalue weighted by molar-refractivity contribution is 0.0640. The Morgan fingerprint density at radius 2 is 2.22 bits per heavy atom. The first-order chi connectivity index (χ1) is 15.7. The zero-order chi connectivity index (χ0) is 22.3.